The van der Waals surface area contributed by atoms with Crippen LogP contribution < -0.4 is 9.64 Å². The lowest BCUT2D eigenvalue weighted by Gasteiger charge is -2.20. The molecule has 0 fully saturated rings. The van der Waals surface area contributed by atoms with Gasteiger partial charge in [0.15, 0.2) is 5.13 Å². The van der Waals surface area contributed by atoms with Gasteiger partial charge in [-0.25, -0.2) is 4.98 Å². The highest BCUT2D eigenvalue weighted by Gasteiger charge is 2.22. The molecule has 0 saturated heterocycles. The van der Waals surface area contributed by atoms with Crippen LogP contribution in [0.4, 0.5) is 5.13 Å². The van der Waals surface area contributed by atoms with Crippen LogP contribution >= 0.6 is 11.3 Å². The van der Waals surface area contributed by atoms with E-state index < -0.39 is 0 Å². The summed E-state index contributed by atoms with van der Waals surface area (Å²) in [5.74, 6) is 0.696. The fraction of sp³-hybridized carbons (Fsp3) is 0.208. The average Bonchev–Trinajstić information content (AvgIpc) is 3.19. The number of para-hydroxylation sites is 1. The molecule has 30 heavy (non-hydrogen) atoms. The first-order chi connectivity index (χ1) is 14.5. The normalized spacial score (nSPS) is 10.9. The Labute approximate surface area is 180 Å². The van der Waals surface area contributed by atoms with Gasteiger partial charge in [-0.1, -0.05) is 47.2 Å². The standard InChI is InChI=1S/C24H23N3O2S/c1-16-10-11-17(2)18(13-16)14-22(28)27(15-19-7-4-5-12-25-19)24-26-23-20(29-3)8-6-9-21(23)30-24/h4-13H,14-15H2,1-3H3. The van der Waals surface area contributed by atoms with Crippen molar-refractivity contribution >= 4 is 32.6 Å². The Hall–Kier alpha value is -3.25. The Morgan fingerprint density at radius 2 is 1.97 bits per heavy atom. The molecule has 0 aliphatic rings. The summed E-state index contributed by atoms with van der Waals surface area (Å²) in [4.78, 5) is 24.3. The molecule has 5 nitrogen and oxygen atoms in total. The summed E-state index contributed by atoms with van der Waals surface area (Å²) in [6, 6.07) is 17.7. The SMILES string of the molecule is COc1cccc2sc(N(Cc3ccccn3)C(=O)Cc3cc(C)ccc3C)nc12. The molecule has 4 aromatic rings. The van der Waals surface area contributed by atoms with Crippen molar-refractivity contribution in [3.8, 4) is 5.75 Å². The number of amides is 1. The van der Waals surface area contributed by atoms with Crippen molar-refractivity contribution in [1.82, 2.24) is 9.97 Å². The Morgan fingerprint density at radius 1 is 1.10 bits per heavy atom. The number of pyridine rings is 1. The van der Waals surface area contributed by atoms with Crippen LogP contribution in [0.2, 0.25) is 0 Å². The number of anilines is 1. The number of aromatic nitrogens is 2. The minimum Gasteiger partial charge on any atom is -0.494 e. The highest BCUT2D eigenvalue weighted by molar-refractivity contribution is 7.22. The van der Waals surface area contributed by atoms with Gasteiger partial charge in [-0.15, -0.1) is 0 Å². The van der Waals surface area contributed by atoms with E-state index in [2.05, 4.69) is 23.2 Å². The second kappa shape index (κ2) is 8.63. The third kappa shape index (κ3) is 4.19. The van der Waals surface area contributed by atoms with Gasteiger partial charge in [0.2, 0.25) is 5.91 Å². The Balaban J connectivity index is 1.72. The molecule has 2 heterocycles. The molecule has 0 spiro atoms. The quantitative estimate of drug-likeness (QED) is 0.438. The topological polar surface area (TPSA) is 55.3 Å². The molecule has 0 radical (unpaired) electrons. The number of ether oxygens (including phenoxy) is 1. The van der Waals surface area contributed by atoms with Crippen molar-refractivity contribution in [3.05, 3.63) is 83.2 Å². The van der Waals surface area contributed by atoms with Gasteiger partial charge in [0.05, 0.1) is 30.5 Å². The van der Waals surface area contributed by atoms with Crippen molar-refractivity contribution in [2.45, 2.75) is 26.8 Å². The van der Waals surface area contributed by atoms with Gasteiger partial charge in [0.25, 0.3) is 0 Å². The second-order valence-corrected chi connectivity index (χ2v) is 8.22. The van der Waals surface area contributed by atoms with E-state index in [1.165, 1.54) is 11.3 Å². The Bertz CT molecular complexity index is 1190. The number of rotatable bonds is 6. The highest BCUT2D eigenvalue weighted by Crippen LogP contribution is 2.35. The summed E-state index contributed by atoms with van der Waals surface area (Å²) in [5, 5.41) is 0.649. The zero-order valence-electron chi connectivity index (χ0n) is 17.3. The number of methoxy groups -OCH3 is 1. The molecule has 2 aromatic heterocycles. The molecule has 0 saturated carbocycles. The van der Waals surface area contributed by atoms with Gasteiger partial charge in [-0.05, 0) is 49.2 Å². The molecule has 0 atom stereocenters. The number of fused-ring (bicyclic) bond motifs is 1. The maximum Gasteiger partial charge on any atom is 0.233 e. The van der Waals surface area contributed by atoms with Crippen LogP contribution in [-0.4, -0.2) is 23.0 Å². The monoisotopic (exact) mass is 417 g/mol. The molecular weight excluding hydrogens is 394 g/mol. The number of hydrogen-bond donors (Lipinski definition) is 0. The first-order valence-electron chi connectivity index (χ1n) is 9.75. The lowest BCUT2D eigenvalue weighted by atomic mass is 10.0. The van der Waals surface area contributed by atoms with E-state index in [4.69, 9.17) is 9.72 Å². The van der Waals surface area contributed by atoms with Gasteiger partial charge in [-0.2, -0.15) is 0 Å². The maximum absolute atomic E-state index is 13.4. The first-order valence-corrected chi connectivity index (χ1v) is 10.6. The van der Waals surface area contributed by atoms with E-state index in [-0.39, 0.29) is 5.91 Å². The number of nitrogens with zero attached hydrogens (tertiary/aromatic N) is 3. The molecule has 0 aliphatic carbocycles. The minimum atomic E-state index is -0.00706. The van der Waals surface area contributed by atoms with Crippen LogP contribution in [-0.2, 0) is 17.8 Å². The van der Waals surface area contributed by atoms with E-state index in [0.29, 0.717) is 23.8 Å². The summed E-state index contributed by atoms with van der Waals surface area (Å²) < 4.78 is 6.43. The van der Waals surface area contributed by atoms with Crippen molar-refractivity contribution in [2.75, 3.05) is 12.0 Å². The fourth-order valence-electron chi connectivity index (χ4n) is 3.36. The largest absolute Gasteiger partial charge is 0.494 e. The van der Waals surface area contributed by atoms with E-state index in [0.717, 1.165) is 32.6 Å². The molecule has 4 rings (SSSR count). The van der Waals surface area contributed by atoms with E-state index >= 15 is 0 Å². The van der Waals surface area contributed by atoms with Crippen LogP contribution in [0.1, 0.15) is 22.4 Å². The molecule has 0 aliphatic heterocycles. The van der Waals surface area contributed by atoms with Gasteiger partial charge in [0.1, 0.15) is 11.3 Å². The molecule has 2 aromatic carbocycles. The Morgan fingerprint density at radius 3 is 2.73 bits per heavy atom. The number of carbonyl (C=O) groups excluding carboxylic acids is 1. The van der Waals surface area contributed by atoms with Gasteiger partial charge >= 0.3 is 0 Å². The molecule has 0 unspecified atom stereocenters. The predicted molar refractivity (Wildman–Crippen MR) is 121 cm³/mol. The Kier molecular flexibility index (Phi) is 5.77. The summed E-state index contributed by atoms with van der Waals surface area (Å²) in [6.07, 6.45) is 2.05. The zero-order valence-corrected chi connectivity index (χ0v) is 18.1. The molecule has 0 bridgehead atoms. The third-order valence-electron chi connectivity index (χ3n) is 5.02. The molecule has 152 valence electrons. The lowest BCUT2D eigenvalue weighted by Crippen LogP contribution is -2.32. The van der Waals surface area contributed by atoms with E-state index in [1.54, 1.807) is 18.2 Å². The molecule has 0 N–H and O–H groups in total. The summed E-state index contributed by atoms with van der Waals surface area (Å²) >= 11 is 1.49. The van der Waals surface area contributed by atoms with Crippen molar-refractivity contribution in [3.63, 3.8) is 0 Å². The average molecular weight is 418 g/mol. The number of aryl methyl sites for hydroxylation is 2. The summed E-state index contributed by atoms with van der Waals surface area (Å²) in [6.45, 7) is 4.44. The minimum absolute atomic E-state index is 0.00706. The van der Waals surface area contributed by atoms with Crippen molar-refractivity contribution in [1.29, 1.82) is 0 Å². The summed E-state index contributed by atoms with van der Waals surface area (Å²) in [5.41, 5.74) is 4.87. The molecule has 1 amide bonds. The van der Waals surface area contributed by atoms with Crippen LogP contribution in [0, 0.1) is 13.8 Å². The van der Waals surface area contributed by atoms with Gasteiger partial charge < -0.3 is 4.74 Å². The smallest absolute Gasteiger partial charge is 0.233 e. The molecular formula is C24H23N3O2S. The van der Waals surface area contributed by atoms with E-state index in [1.807, 2.05) is 50.2 Å². The van der Waals surface area contributed by atoms with Crippen LogP contribution in [0.3, 0.4) is 0 Å². The van der Waals surface area contributed by atoms with Crippen molar-refractivity contribution < 1.29 is 9.53 Å². The lowest BCUT2D eigenvalue weighted by molar-refractivity contribution is -0.118. The molecule has 6 heteroatoms. The first kappa shape index (κ1) is 20.0. The number of benzene rings is 2. The zero-order chi connectivity index (χ0) is 21.1. The fourth-order valence-corrected chi connectivity index (χ4v) is 4.36. The number of carbonyl (C=O) groups is 1. The van der Waals surface area contributed by atoms with Crippen molar-refractivity contribution in [2.24, 2.45) is 0 Å². The highest BCUT2D eigenvalue weighted by atomic mass is 32.1. The third-order valence-corrected chi connectivity index (χ3v) is 6.06. The van der Waals surface area contributed by atoms with Crippen LogP contribution in [0.15, 0.2) is 60.8 Å². The van der Waals surface area contributed by atoms with Crippen LogP contribution in [0.5, 0.6) is 5.75 Å². The predicted octanol–water partition coefficient (Wildman–Crippen LogP) is 5.09. The number of hydrogen-bond acceptors (Lipinski definition) is 5. The van der Waals surface area contributed by atoms with Crippen LogP contribution in [0.25, 0.3) is 10.2 Å². The number of thiazole rings is 1. The van der Waals surface area contributed by atoms with Gasteiger partial charge in [0, 0.05) is 6.20 Å². The van der Waals surface area contributed by atoms with Gasteiger partial charge in [-0.3, -0.25) is 14.7 Å². The van der Waals surface area contributed by atoms with E-state index in [9.17, 15) is 4.79 Å². The maximum atomic E-state index is 13.4. The second-order valence-electron chi connectivity index (χ2n) is 7.21. The summed E-state index contributed by atoms with van der Waals surface area (Å²) in [7, 11) is 1.63.